The van der Waals surface area contributed by atoms with Gasteiger partial charge >= 0.3 is 12.3 Å². The van der Waals surface area contributed by atoms with E-state index in [9.17, 15) is 27.0 Å². The maximum atomic E-state index is 14.2. The van der Waals surface area contributed by atoms with Gasteiger partial charge in [0.15, 0.2) is 0 Å². The fourth-order valence-electron chi connectivity index (χ4n) is 4.09. The number of nitrogens with zero attached hydrogens (tertiary/aromatic N) is 2. The number of alkyl halides is 3. The molecule has 4 N–H and O–H groups in total. The molecule has 0 bridgehead atoms. The van der Waals surface area contributed by atoms with E-state index in [1.54, 1.807) is 32.6 Å². The minimum Gasteiger partial charge on any atom is -0.444 e. The van der Waals surface area contributed by atoms with Crippen LogP contribution in [-0.4, -0.2) is 63.5 Å². The molecule has 0 saturated carbocycles. The summed E-state index contributed by atoms with van der Waals surface area (Å²) in [4.78, 5) is 28.8. The van der Waals surface area contributed by atoms with Crippen LogP contribution in [0.1, 0.15) is 49.2 Å². The number of nitrogens with two attached hydrogens (primary N) is 1. The van der Waals surface area contributed by atoms with Gasteiger partial charge in [-0.15, -0.1) is 0 Å². The number of anilines is 2. The van der Waals surface area contributed by atoms with E-state index in [2.05, 4.69) is 10.9 Å². The van der Waals surface area contributed by atoms with Gasteiger partial charge in [0.25, 0.3) is 5.91 Å². The second kappa shape index (κ2) is 13.1. The monoisotopic (exact) mass is 637 g/mol. The molecular formula is C26H32Cl2F3N5O4S. The number of nitrogens with one attached hydrogen (secondary N) is 2. The summed E-state index contributed by atoms with van der Waals surface area (Å²) in [5, 5.41) is -0.105. The first kappa shape index (κ1) is 32.8. The van der Waals surface area contributed by atoms with E-state index >= 15 is 0 Å². The lowest BCUT2D eigenvalue weighted by atomic mass is 10.00. The highest BCUT2D eigenvalue weighted by atomic mass is 35.5. The van der Waals surface area contributed by atoms with Crippen LogP contribution in [0.2, 0.25) is 10.0 Å². The predicted molar refractivity (Wildman–Crippen MR) is 153 cm³/mol. The summed E-state index contributed by atoms with van der Waals surface area (Å²) in [6, 6.07) is 5.13. The fraction of sp³-hybridized carbons (Fsp3) is 0.462. The zero-order valence-corrected chi connectivity index (χ0v) is 25.3. The van der Waals surface area contributed by atoms with Crippen LogP contribution in [0.4, 0.5) is 29.3 Å². The van der Waals surface area contributed by atoms with Gasteiger partial charge in [-0.05, 0) is 50.6 Å². The van der Waals surface area contributed by atoms with Gasteiger partial charge in [-0.2, -0.15) is 13.2 Å². The molecule has 2 amide bonds. The van der Waals surface area contributed by atoms with Crippen molar-refractivity contribution in [2.24, 2.45) is 0 Å². The van der Waals surface area contributed by atoms with E-state index in [1.165, 1.54) is 23.1 Å². The number of hydrogen-bond donors (Lipinski definition) is 3. The van der Waals surface area contributed by atoms with Crippen molar-refractivity contribution in [3.05, 3.63) is 51.0 Å². The van der Waals surface area contributed by atoms with Crippen molar-refractivity contribution in [2.45, 2.75) is 50.9 Å². The molecule has 15 heteroatoms. The number of carbonyl (C=O) groups excluding carboxylic acids is 2. The van der Waals surface area contributed by atoms with Gasteiger partial charge < -0.3 is 15.4 Å². The smallest absolute Gasteiger partial charge is 0.416 e. The van der Waals surface area contributed by atoms with Crippen molar-refractivity contribution in [3.8, 4) is 0 Å². The summed E-state index contributed by atoms with van der Waals surface area (Å²) in [6.45, 7) is 7.81. The molecule has 2 aromatic rings. The van der Waals surface area contributed by atoms with Crippen molar-refractivity contribution in [2.75, 3.05) is 43.1 Å². The Morgan fingerprint density at radius 3 is 2.29 bits per heavy atom. The maximum Gasteiger partial charge on any atom is 0.416 e. The molecule has 1 fully saturated rings. The molecule has 1 heterocycles. The van der Waals surface area contributed by atoms with Gasteiger partial charge in [0, 0.05) is 43.5 Å². The average Bonchev–Trinajstić information content (AvgIpc) is 2.88. The third-order valence-electron chi connectivity index (χ3n) is 6.12. The summed E-state index contributed by atoms with van der Waals surface area (Å²) in [5.74, 6) is -0.695. The molecule has 226 valence electrons. The molecule has 0 aliphatic carbocycles. The molecule has 3 rings (SSSR count). The second-order valence-electron chi connectivity index (χ2n) is 10.3. The van der Waals surface area contributed by atoms with E-state index in [0.29, 0.717) is 16.7 Å². The van der Waals surface area contributed by atoms with Crippen LogP contribution in [0, 0.1) is 0 Å². The molecule has 0 radical (unpaired) electrons. The van der Waals surface area contributed by atoms with Crippen molar-refractivity contribution >= 4 is 57.4 Å². The number of hydrazine groups is 1. The highest BCUT2D eigenvalue weighted by Gasteiger charge is 2.37. The molecule has 9 nitrogen and oxygen atoms in total. The molecule has 2 aromatic carbocycles. The topological polar surface area (TPSA) is 117 Å². The van der Waals surface area contributed by atoms with Gasteiger partial charge in [-0.25, -0.2) is 4.79 Å². The lowest BCUT2D eigenvalue weighted by Gasteiger charge is -2.36. The van der Waals surface area contributed by atoms with E-state index in [4.69, 9.17) is 33.7 Å². The van der Waals surface area contributed by atoms with Crippen molar-refractivity contribution in [1.29, 1.82) is 0 Å². The first-order chi connectivity index (χ1) is 19.0. The number of benzene rings is 2. The SMILES string of the molecule is CCS(=O)c1ccc(Cl)cc1NNC(=O)c1cc(C(F)(F)F)c(CN2CCN(C(=O)OC(C)(C)C)CC2)c(Cl)c1N. The van der Waals surface area contributed by atoms with Crippen LogP contribution < -0.4 is 16.6 Å². The van der Waals surface area contributed by atoms with Gasteiger partial charge in [-0.3, -0.25) is 24.8 Å². The molecule has 1 atom stereocenters. The summed E-state index contributed by atoms with van der Waals surface area (Å²) < 4.78 is 60.2. The van der Waals surface area contributed by atoms with Crippen LogP contribution in [0.25, 0.3) is 0 Å². The Bertz CT molecular complexity index is 1330. The molecule has 0 spiro atoms. The summed E-state index contributed by atoms with van der Waals surface area (Å²) >= 11 is 12.4. The first-order valence-corrected chi connectivity index (χ1v) is 14.7. The lowest BCUT2D eigenvalue weighted by Crippen LogP contribution is -2.49. The number of rotatable bonds is 7. The largest absolute Gasteiger partial charge is 0.444 e. The highest BCUT2D eigenvalue weighted by molar-refractivity contribution is 7.85. The van der Waals surface area contributed by atoms with Crippen molar-refractivity contribution in [3.63, 3.8) is 0 Å². The third kappa shape index (κ3) is 8.40. The van der Waals surface area contributed by atoms with E-state index < -0.39 is 50.7 Å². The van der Waals surface area contributed by atoms with Crippen LogP contribution in [0.3, 0.4) is 0 Å². The Hall–Kier alpha value is -2.74. The third-order valence-corrected chi connectivity index (χ3v) is 8.16. The van der Waals surface area contributed by atoms with Crippen LogP contribution in [-0.2, 0) is 28.3 Å². The number of piperazine rings is 1. The normalized spacial score (nSPS) is 15.4. The molecule has 41 heavy (non-hydrogen) atoms. The summed E-state index contributed by atoms with van der Waals surface area (Å²) in [5.41, 5.74) is 8.28. The van der Waals surface area contributed by atoms with E-state index in [0.717, 1.165) is 0 Å². The highest BCUT2D eigenvalue weighted by Crippen LogP contribution is 2.40. The Labute approximate surface area is 248 Å². The molecule has 1 aliphatic rings. The van der Waals surface area contributed by atoms with Crippen LogP contribution in [0.15, 0.2) is 29.2 Å². The Kier molecular flexibility index (Phi) is 10.4. The molecular weight excluding hydrogens is 606 g/mol. The van der Waals surface area contributed by atoms with Crippen LogP contribution in [0.5, 0.6) is 0 Å². The molecule has 1 unspecified atom stereocenters. The van der Waals surface area contributed by atoms with Crippen molar-refractivity contribution < 1.29 is 31.7 Å². The van der Waals surface area contributed by atoms with Crippen LogP contribution >= 0.6 is 23.2 Å². The first-order valence-electron chi connectivity index (χ1n) is 12.6. The maximum absolute atomic E-state index is 14.2. The van der Waals surface area contributed by atoms with Gasteiger partial charge in [0.2, 0.25) is 0 Å². The summed E-state index contributed by atoms with van der Waals surface area (Å²) in [6.07, 6.45) is -5.34. The van der Waals surface area contributed by atoms with Gasteiger partial charge in [-0.1, -0.05) is 30.1 Å². The Balaban J connectivity index is 1.81. The molecule has 1 aliphatic heterocycles. The number of nitrogen functional groups attached to an aromatic ring is 1. The minimum absolute atomic E-state index is 0.200. The number of hydrogen-bond acceptors (Lipinski definition) is 7. The van der Waals surface area contributed by atoms with E-state index in [-0.39, 0.29) is 54.7 Å². The molecule has 0 aromatic heterocycles. The lowest BCUT2D eigenvalue weighted by molar-refractivity contribution is -0.138. The van der Waals surface area contributed by atoms with Crippen molar-refractivity contribution in [1.82, 2.24) is 15.2 Å². The number of carbonyl (C=O) groups is 2. The zero-order chi connectivity index (χ0) is 30.7. The summed E-state index contributed by atoms with van der Waals surface area (Å²) in [7, 11) is -1.41. The number of halogens is 5. The van der Waals surface area contributed by atoms with Gasteiger partial charge in [0.1, 0.15) is 5.60 Å². The number of amides is 2. The standard InChI is InChI=1S/C26H32Cl2F3N5O4S/c1-5-41(39)20-7-6-15(27)12-19(20)33-34-23(37)16-13-18(26(29,30)31)17(21(28)22(16)32)14-35-8-10-36(11-9-35)24(38)40-25(2,3)4/h6-7,12-13,33H,5,8-11,14,32H2,1-4H3,(H,34,37). The average molecular weight is 639 g/mol. The Morgan fingerprint density at radius 2 is 1.73 bits per heavy atom. The zero-order valence-electron chi connectivity index (χ0n) is 23.0. The fourth-order valence-corrected chi connectivity index (χ4v) is 5.41. The van der Waals surface area contributed by atoms with E-state index in [1.807, 2.05) is 0 Å². The quantitative estimate of drug-likeness (QED) is 0.270. The minimum atomic E-state index is -4.84. The molecule has 1 saturated heterocycles. The van der Waals surface area contributed by atoms with Gasteiger partial charge in [0.05, 0.1) is 43.2 Å². The second-order valence-corrected chi connectivity index (χ2v) is 12.8. The number of ether oxygens (including phenoxy) is 1. The Morgan fingerprint density at radius 1 is 1.10 bits per heavy atom. The predicted octanol–water partition coefficient (Wildman–Crippen LogP) is 5.53.